The average Bonchev–Trinajstić information content (AvgIpc) is 2.34. The number of ether oxygens (including phenoxy) is 1. The molecule has 16 heavy (non-hydrogen) atoms. The molecule has 0 fully saturated rings. The third kappa shape index (κ3) is 3.84. The highest BCUT2D eigenvalue weighted by atomic mass is 16.5. The molecule has 6 nitrogen and oxygen atoms in total. The van der Waals surface area contributed by atoms with Gasteiger partial charge in [-0.25, -0.2) is 10.8 Å². The van der Waals surface area contributed by atoms with Gasteiger partial charge in [-0.1, -0.05) is 6.07 Å². The summed E-state index contributed by atoms with van der Waals surface area (Å²) >= 11 is 0. The van der Waals surface area contributed by atoms with Crippen molar-refractivity contribution in [1.82, 2.24) is 10.3 Å². The molecule has 0 aliphatic heterocycles. The van der Waals surface area contributed by atoms with Crippen molar-refractivity contribution in [3.63, 3.8) is 0 Å². The van der Waals surface area contributed by atoms with Gasteiger partial charge in [0, 0.05) is 13.2 Å². The molecule has 88 valence electrons. The van der Waals surface area contributed by atoms with Crippen molar-refractivity contribution < 1.29 is 9.53 Å². The summed E-state index contributed by atoms with van der Waals surface area (Å²) in [6.45, 7) is 3.51. The normalized spacial score (nSPS) is 9.88. The van der Waals surface area contributed by atoms with E-state index in [1.54, 1.807) is 18.2 Å². The fraction of sp³-hybridized carbons (Fsp3) is 0.400. The molecule has 0 radical (unpaired) electrons. The lowest BCUT2D eigenvalue weighted by Crippen LogP contribution is -2.28. The lowest BCUT2D eigenvalue weighted by Gasteiger charge is -2.05. The molecule has 6 heteroatoms. The number of anilines is 1. The van der Waals surface area contributed by atoms with E-state index < -0.39 is 0 Å². The highest BCUT2D eigenvalue weighted by Crippen LogP contribution is 2.02. The van der Waals surface area contributed by atoms with Crippen LogP contribution in [0.15, 0.2) is 18.2 Å². The number of hydrogen-bond acceptors (Lipinski definition) is 5. The minimum atomic E-state index is -0.239. The molecule has 1 aromatic heterocycles. The van der Waals surface area contributed by atoms with Gasteiger partial charge in [0.15, 0.2) is 0 Å². The fourth-order valence-electron chi connectivity index (χ4n) is 1.11. The molecule has 0 aromatic carbocycles. The van der Waals surface area contributed by atoms with Crippen molar-refractivity contribution in [2.24, 2.45) is 5.84 Å². The summed E-state index contributed by atoms with van der Waals surface area (Å²) in [5.74, 6) is 5.41. The first-order chi connectivity index (χ1) is 7.77. The van der Waals surface area contributed by atoms with Gasteiger partial charge in [-0.2, -0.15) is 0 Å². The molecular weight excluding hydrogens is 208 g/mol. The number of nitrogens with two attached hydrogens (primary N) is 1. The van der Waals surface area contributed by atoms with Crippen LogP contribution in [0.3, 0.4) is 0 Å². The quantitative estimate of drug-likeness (QED) is 0.363. The Hall–Kier alpha value is -1.66. The van der Waals surface area contributed by atoms with Crippen LogP contribution in [0.4, 0.5) is 5.82 Å². The van der Waals surface area contributed by atoms with Gasteiger partial charge in [-0.15, -0.1) is 0 Å². The zero-order valence-corrected chi connectivity index (χ0v) is 9.19. The van der Waals surface area contributed by atoms with Crippen molar-refractivity contribution in [2.45, 2.75) is 6.92 Å². The topological polar surface area (TPSA) is 89.3 Å². The van der Waals surface area contributed by atoms with E-state index in [2.05, 4.69) is 15.7 Å². The van der Waals surface area contributed by atoms with E-state index in [-0.39, 0.29) is 5.91 Å². The molecule has 1 amide bonds. The summed E-state index contributed by atoms with van der Waals surface area (Å²) in [4.78, 5) is 15.6. The molecular formula is C10H16N4O2. The average molecular weight is 224 g/mol. The van der Waals surface area contributed by atoms with Crippen molar-refractivity contribution in [2.75, 3.05) is 25.2 Å². The maximum Gasteiger partial charge on any atom is 0.270 e. The van der Waals surface area contributed by atoms with E-state index in [1.165, 1.54) is 0 Å². The van der Waals surface area contributed by atoms with Crippen LogP contribution in [0, 0.1) is 0 Å². The Labute approximate surface area is 94.2 Å². The highest BCUT2D eigenvalue weighted by Gasteiger charge is 2.06. The number of pyridine rings is 1. The predicted octanol–water partition coefficient (Wildman–Crippen LogP) is 0.134. The number of hydrogen-bond donors (Lipinski definition) is 3. The Morgan fingerprint density at radius 1 is 1.56 bits per heavy atom. The molecule has 1 rings (SSSR count). The molecule has 0 spiro atoms. The number of nitrogens with zero attached hydrogens (tertiary/aromatic N) is 1. The monoisotopic (exact) mass is 224 g/mol. The largest absolute Gasteiger partial charge is 0.380 e. The smallest absolute Gasteiger partial charge is 0.270 e. The van der Waals surface area contributed by atoms with Crippen LogP contribution in [0.1, 0.15) is 17.4 Å². The number of hydrazine groups is 1. The van der Waals surface area contributed by atoms with E-state index in [9.17, 15) is 4.79 Å². The molecule has 0 aliphatic carbocycles. The fourth-order valence-corrected chi connectivity index (χ4v) is 1.11. The van der Waals surface area contributed by atoms with Crippen molar-refractivity contribution in [3.8, 4) is 0 Å². The molecule has 0 aliphatic rings. The summed E-state index contributed by atoms with van der Waals surface area (Å²) in [7, 11) is 0. The van der Waals surface area contributed by atoms with E-state index in [0.29, 0.717) is 31.3 Å². The lowest BCUT2D eigenvalue weighted by molar-refractivity contribution is 0.0918. The second-order valence-electron chi connectivity index (χ2n) is 3.01. The standard InChI is InChI=1S/C10H16N4O2/c1-2-16-7-6-12-10(15)8-4-3-5-9(13-8)14-11/h3-5H,2,6-7,11H2,1H3,(H,12,15)(H,13,14). The molecule has 0 saturated carbocycles. The first-order valence-corrected chi connectivity index (χ1v) is 5.07. The summed E-state index contributed by atoms with van der Waals surface area (Å²) < 4.78 is 5.10. The number of amides is 1. The Balaban J connectivity index is 2.46. The maximum absolute atomic E-state index is 11.6. The third-order valence-electron chi connectivity index (χ3n) is 1.87. The Kier molecular flexibility index (Phi) is 5.24. The Bertz CT molecular complexity index is 343. The molecule has 0 saturated heterocycles. The predicted molar refractivity (Wildman–Crippen MR) is 60.9 cm³/mol. The van der Waals surface area contributed by atoms with Gasteiger partial charge in [0.25, 0.3) is 5.91 Å². The van der Waals surface area contributed by atoms with Gasteiger partial charge in [-0.05, 0) is 19.1 Å². The minimum absolute atomic E-state index is 0.239. The van der Waals surface area contributed by atoms with Crippen LogP contribution in [0.2, 0.25) is 0 Å². The van der Waals surface area contributed by atoms with Crippen molar-refractivity contribution in [1.29, 1.82) is 0 Å². The molecule has 4 N–H and O–H groups in total. The molecule has 0 unspecified atom stereocenters. The molecule has 0 bridgehead atoms. The summed E-state index contributed by atoms with van der Waals surface area (Å²) in [6, 6.07) is 5.01. The zero-order chi connectivity index (χ0) is 11.8. The number of carbonyl (C=O) groups is 1. The van der Waals surface area contributed by atoms with Crippen LogP contribution in [-0.4, -0.2) is 30.6 Å². The van der Waals surface area contributed by atoms with Crippen LogP contribution < -0.4 is 16.6 Å². The lowest BCUT2D eigenvalue weighted by atomic mass is 10.3. The second kappa shape index (κ2) is 6.76. The van der Waals surface area contributed by atoms with E-state index in [4.69, 9.17) is 10.6 Å². The number of nitrogens with one attached hydrogen (secondary N) is 2. The van der Waals surface area contributed by atoms with Crippen LogP contribution >= 0.6 is 0 Å². The Morgan fingerprint density at radius 2 is 2.38 bits per heavy atom. The van der Waals surface area contributed by atoms with Gasteiger partial charge >= 0.3 is 0 Å². The Morgan fingerprint density at radius 3 is 3.06 bits per heavy atom. The number of carbonyl (C=O) groups excluding carboxylic acids is 1. The van der Waals surface area contributed by atoms with E-state index in [0.717, 1.165) is 0 Å². The zero-order valence-electron chi connectivity index (χ0n) is 9.19. The van der Waals surface area contributed by atoms with Crippen molar-refractivity contribution >= 4 is 11.7 Å². The van der Waals surface area contributed by atoms with Gasteiger partial charge < -0.3 is 15.5 Å². The molecule has 0 atom stereocenters. The van der Waals surface area contributed by atoms with Gasteiger partial charge in [0.2, 0.25) is 0 Å². The summed E-state index contributed by atoms with van der Waals surface area (Å²) in [5, 5.41) is 2.69. The van der Waals surface area contributed by atoms with Crippen LogP contribution in [0.25, 0.3) is 0 Å². The number of rotatable bonds is 6. The minimum Gasteiger partial charge on any atom is -0.380 e. The molecule has 1 aromatic rings. The van der Waals surface area contributed by atoms with Crippen LogP contribution in [-0.2, 0) is 4.74 Å². The number of nitrogen functional groups attached to an aromatic ring is 1. The van der Waals surface area contributed by atoms with Crippen molar-refractivity contribution in [3.05, 3.63) is 23.9 Å². The first kappa shape index (κ1) is 12.4. The van der Waals surface area contributed by atoms with Gasteiger partial charge in [0.05, 0.1) is 6.61 Å². The molecule has 1 heterocycles. The summed E-state index contributed by atoms with van der Waals surface area (Å²) in [5.41, 5.74) is 2.71. The van der Waals surface area contributed by atoms with Crippen LogP contribution in [0.5, 0.6) is 0 Å². The first-order valence-electron chi connectivity index (χ1n) is 5.07. The second-order valence-corrected chi connectivity index (χ2v) is 3.01. The maximum atomic E-state index is 11.6. The summed E-state index contributed by atoms with van der Waals surface area (Å²) in [6.07, 6.45) is 0. The van der Waals surface area contributed by atoms with Gasteiger partial charge in [0.1, 0.15) is 11.5 Å². The SMILES string of the molecule is CCOCCNC(=O)c1cccc(NN)n1. The number of aromatic nitrogens is 1. The third-order valence-corrected chi connectivity index (χ3v) is 1.87. The van der Waals surface area contributed by atoms with E-state index in [1.807, 2.05) is 6.92 Å². The highest BCUT2D eigenvalue weighted by molar-refractivity contribution is 5.92. The van der Waals surface area contributed by atoms with E-state index >= 15 is 0 Å². The van der Waals surface area contributed by atoms with Gasteiger partial charge in [-0.3, -0.25) is 4.79 Å².